The van der Waals surface area contributed by atoms with Gasteiger partial charge in [0.25, 0.3) is 5.91 Å². The molecule has 11 heteroatoms. The van der Waals surface area contributed by atoms with Gasteiger partial charge in [-0.25, -0.2) is 4.79 Å². The van der Waals surface area contributed by atoms with Gasteiger partial charge >= 0.3 is 5.69 Å². The minimum Gasteiger partial charge on any atom is -0.414 e. The molecule has 3 atom stereocenters. The zero-order chi connectivity index (χ0) is 24.2. The van der Waals surface area contributed by atoms with Gasteiger partial charge in [-0.05, 0) is 41.9 Å². The molecule has 1 aliphatic rings. The number of amides is 1. The highest BCUT2D eigenvalue weighted by Gasteiger charge is 2.41. The molecule has 1 fully saturated rings. The number of nitrogens with one attached hydrogen (secondary N) is 1. The molecule has 1 aliphatic heterocycles. The van der Waals surface area contributed by atoms with Gasteiger partial charge in [-0.15, -0.1) is 0 Å². The number of rotatable bonds is 7. The number of benzene rings is 1. The van der Waals surface area contributed by atoms with Crippen molar-refractivity contribution in [1.29, 1.82) is 0 Å². The van der Waals surface area contributed by atoms with Gasteiger partial charge in [0.15, 0.2) is 8.32 Å². The van der Waals surface area contributed by atoms with Crippen molar-refractivity contribution in [2.75, 3.05) is 11.9 Å². The monoisotopic (exact) mass is 470 g/mol. The molecule has 1 N–H and O–H groups in total. The van der Waals surface area contributed by atoms with E-state index in [2.05, 4.69) is 54.2 Å². The van der Waals surface area contributed by atoms with Gasteiger partial charge in [-0.2, -0.15) is 4.98 Å². The molecule has 0 radical (unpaired) electrons. The molecule has 33 heavy (non-hydrogen) atoms. The number of ether oxygens (including phenoxy) is 1. The Morgan fingerprint density at radius 2 is 2.03 bits per heavy atom. The molecule has 10 nitrogen and oxygen atoms in total. The molecular weight excluding hydrogens is 440 g/mol. The quantitative estimate of drug-likeness (QED) is 0.276. The van der Waals surface area contributed by atoms with Crippen LogP contribution in [0.1, 0.15) is 43.8 Å². The number of aromatic nitrogens is 2. The second-order valence-corrected chi connectivity index (χ2v) is 14.3. The number of hydrogen-bond donors (Lipinski definition) is 1. The summed E-state index contributed by atoms with van der Waals surface area (Å²) in [4.78, 5) is 31.9. The van der Waals surface area contributed by atoms with E-state index in [1.54, 1.807) is 24.3 Å². The lowest BCUT2D eigenvalue weighted by Gasteiger charge is -2.37. The van der Waals surface area contributed by atoms with Crippen molar-refractivity contribution in [3.63, 3.8) is 0 Å². The average Bonchev–Trinajstić information content (AvgIpc) is 3.15. The van der Waals surface area contributed by atoms with Gasteiger partial charge in [0.05, 0.1) is 18.8 Å². The number of carbonyl (C=O) groups is 1. The number of azide groups is 1. The van der Waals surface area contributed by atoms with E-state index in [9.17, 15) is 9.59 Å². The van der Waals surface area contributed by atoms with Crippen LogP contribution in [0.2, 0.25) is 18.1 Å². The summed E-state index contributed by atoms with van der Waals surface area (Å²) < 4.78 is 13.7. The van der Waals surface area contributed by atoms with Crippen molar-refractivity contribution in [2.45, 2.75) is 63.7 Å². The predicted molar refractivity (Wildman–Crippen MR) is 128 cm³/mol. The maximum absolute atomic E-state index is 12.7. The fourth-order valence-electron chi connectivity index (χ4n) is 3.21. The van der Waals surface area contributed by atoms with Gasteiger partial charge in [0.1, 0.15) is 12.0 Å². The lowest BCUT2D eigenvalue weighted by molar-refractivity contribution is -0.0245. The highest BCUT2D eigenvalue weighted by Crippen LogP contribution is 2.38. The van der Waals surface area contributed by atoms with Crippen molar-refractivity contribution in [2.24, 2.45) is 5.11 Å². The lowest BCUT2D eigenvalue weighted by Crippen LogP contribution is -2.43. The van der Waals surface area contributed by atoms with Crippen LogP contribution in [-0.4, -0.2) is 42.5 Å². The van der Waals surface area contributed by atoms with E-state index in [4.69, 9.17) is 14.7 Å². The van der Waals surface area contributed by atoms with Gasteiger partial charge in [-0.1, -0.05) is 44.1 Å². The zero-order valence-electron chi connectivity index (χ0n) is 19.6. The van der Waals surface area contributed by atoms with Crippen molar-refractivity contribution >= 4 is 20.0 Å². The third-order valence-corrected chi connectivity index (χ3v) is 10.7. The van der Waals surface area contributed by atoms with Crippen molar-refractivity contribution < 1.29 is 14.0 Å². The van der Waals surface area contributed by atoms with Crippen LogP contribution in [-0.2, 0) is 9.16 Å². The van der Waals surface area contributed by atoms with Crippen LogP contribution in [0.5, 0.6) is 0 Å². The molecule has 0 unspecified atom stereocenters. The average molecular weight is 471 g/mol. The summed E-state index contributed by atoms with van der Waals surface area (Å²) in [6.07, 6.45) is 0.731. The SMILES string of the molecule is CC(C)(C)[Si](C)(C)OC[C@H]1O[C@@H](n2ccc(NC(=O)c3ccccc3)nc2=O)C[C@H]1N=[N+]=[N-]. The molecule has 0 spiro atoms. The van der Waals surface area contributed by atoms with Gasteiger partial charge in [0, 0.05) is 23.1 Å². The topological polar surface area (TPSA) is 131 Å². The van der Waals surface area contributed by atoms with Crippen molar-refractivity contribution in [3.8, 4) is 0 Å². The first-order valence-corrected chi connectivity index (χ1v) is 13.7. The third-order valence-electron chi connectivity index (χ3n) is 6.24. The molecule has 1 aromatic carbocycles. The summed E-state index contributed by atoms with van der Waals surface area (Å²) in [5.41, 5.74) is 8.87. The Labute approximate surface area is 193 Å². The summed E-state index contributed by atoms with van der Waals surface area (Å²) in [5, 5.41) is 6.51. The third kappa shape index (κ3) is 5.88. The second kappa shape index (κ2) is 9.88. The molecule has 1 aromatic heterocycles. The van der Waals surface area contributed by atoms with Crippen LogP contribution in [0.4, 0.5) is 5.82 Å². The summed E-state index contributed by atoms with van der Waals surface area (Å²) >= 11 is 0. The Bertz CT molecular complexity index is 1090. The van der Waals surface area contributed by atoms with Gasteiger partial charge in [0.2, 0.25) is 0 Å². The van der Waals surface area contributed by atoms with Crippen LogP contribution in [0.15, 0.2) is 52.5 Å². The van der Waals surface area contributed by atoms with E-state index < -0.39 is 32.4 Å². The van der Waals surface area contributed by atoms with Crippen LogP contribution in [0.25, 0.3) is 10.4 Å². The molecular formula is C22H30N6O4Si. The Kier molecular flexibility index (Phi) is 7.38. The Morgan fingerprint density at radius 3 is 2.64 bits per heavy atom. The largest absolute Gasteiger partial charge is 0.414 e. The summed E-state index contributed by atoms with van der Waals surface area (Å²) in [6.45, 7) is 11.0. The van der Waals surface area contributed by atoms with Crippen LogP contribution < -0.4 is 11.0 Å². The second-order valence-electron chi connectivity index (χ2n) is 9.53. The lowest BCUT2D eigenvalue weighted by atomic mass is 10.1. The van der Waals surface area contributed by atoms with Crippen molar-refractivity contribution in [3.05, 3.63) is 69.1 Å². The highest BCUT2D eigenvalue weighted by molar-refractivity contribution is 6.74. The van der Waals surface area contributed by atoms with E-state index in [0.29, 0.717) is 12.0 Å². The maximum atomic E-state index is 12.7. The number of anilines is 1. The highest BCUT2D eigenvalue weighted by atomic mass is 28.4. The number of hydrogen-bond acceptors (Lipinski definition) is 6. The minimum absolute atomic E-state index is 0.0277. The maximum Gasteiger partial charge on any atom is 0.351 e. The normalized spacial score (nSPS) is 20.8. The van der Waals surface area contributed by atoms with Crippen LogP contribution >= 0.6 is 0 Å². The molecule has 0 bridgehead atoms. The predicted octanol–water partition coefficient (Wildman–Crippen LogP) is 4.48. The van der Waals surface area contributed by atoms with E-state index >= 15 is 0 Å². The summed E-state index contributed by atoms with van der Waals surface area (Å²) in [6, 6.07) is 9.73. The Hall–Kier alpha value is -2.98. The molecule has 2 aromatic rings. The summed E-state index contributed by atoms with van der Waals surface area (Å²) in [5.74, 6) is -0.212. The van der Waals surface area contributed by atoms with Crippen LogP contribution in [0, 0.1) is 0 Å². The fourth-order valence-corrected chi connectivity index (χ4v) is 4.22. The minimum atomic E-state index is -2.02. The number of nitrogens with zero attached hydrogens (tertiary/aromatic N) is 5. The molecule has 0 saturated carbocycles. The van der Waals surface area contributed by atoms with Gasteiger partial charge in [-0.3, -0.25) is 9.36 Å². The van der Waals surface area contributed by atoms with E-state index in [1.165, 1.54) is 16.8 Å². The molecule has 2 heterocycles. The van der Waals surface area contributed by atoms with E-state index in [0.717, 1.165) is 0 Å². The first-order chi connectivity index (χ1) is 15.5. The van der Waals surface area contributed by atoms with E-state index in [1.807, 2.05) is 6.07 Å². The first kappa shape index (κ1) is 24.7. The fraction of sp³-hybridized carbons (Fsp3) is 0.500. The smallest absolute Gasteiger partial charge is 0.351 e. The van der Waals surface area contributed by atoms with E-state index in [-0.39, 0.29) is 23.4 Å². The standard InChI is InChI=1S/C22H30N6O4Si/c1-22(2,3)33(4,5)31-14-17-16(26-27-23)13-19(32-17)28-12-11-18(25-21(28)30)24-20(29)15-9-7-6-8-10-15/h6-12,16-17,19H,13-14H2,1-5H3,(H,24,25,29,30)/t16-,17-,19-/m1/s1. The molecule has 0 aliphatic carbocycles. The van der Waals surface area contributed by atoms with Crippen molar-refractivity contribution in [1.82, 2.24) is 9.55 Å². The Morgan fingerprint density at radius 1 is 1.33 bits per heavy atom. The molecule has 3 rings (SSSR count). The number of carbonyl (C=O) groups excluding carboxylic acids is 1. The first-order valence-electron chi connectivity index (χ1n) is 10.8. The Balaban J connectivity index is 1.71. The molecule has 176 valence electrons. The van der Waals surface area contributed by atoms with Gasteiger partial charge < -0.3 is 14.5 Å². The molecule has 1 saturated heterocycles. The van der Waals surface area contributed by atoms with Crippen LogP contribution in [0.3, 0.4) is 0 Å². The molecule has 1 amide bonds. The summed E-state index contributed by atoms with van der Waals surface area (Å²) in [7, 11) is -2.02. The zero-order valence-corrected chi connectivity index (χ0v) is 20.6.